The molecule has 2 fully saturated rings. The van der Waals surface area contributed by atoms with Crippen LogP contribution in [0.1, 0.15) is 57.9 Å². The standard InChI is InChI=1S/C17H26N2O/c1-17(2)8-5-15(6-9-17)20-16-12-18-10-7-13(16)11-19-14-3-4-14/h7,10,12,14-15,19H,3-6,8-9,11H2,1-2H3. The topological polar surface area (TPSA) is 34.1 Å². The Hall–Kier alpha value is -1.09. The first-order chi connectivity index (χ1) is 9.62. The number of rotatable bonds is 5. The van der Waals surface area contributed by atoms with Gasteiger partial charge in [0.05, 0.1) is 12.3 Å². The molecule has 2 saturated carbocycles. The Morgan fingerprint density at radius 2 is 2.00 bits per heavy atom. The van der Waals surface area contributed by atoms with Gasteiger partial charge in [0.1, 0.15) is 5.75 Å². The molecule has 2 aliphatic rings. The van der Waals surface area contributed by atoms with Gasteiger partial charge in [0.25, 0.3) is 0 Å². The molecule has 1 N–H and O–H groups in total. The lowest BCUT2D eigenvalue weighted by Crippen LogP contribution is -2.29. The van der Waals surface area contributed by atoms with E-state index in [2.05, 4.69) is 30.2 Å². The molecule has 3 rings (SSSR count). The van der Waals surface area contributed by atoms with Crippen molar-refractivity contribution in [2.24, 2.45) is 5.41 Å². The molecule has 3 heteroatoms. The van der Waals surface area contributed by atoms with Crippen LogP contribution in [0.25, 0.3) is 0 Å². The predicted octanol–water partition coefficient (Wildman–Crippen LogP) is 3.68. The summed E-state index contributed by atoms with van der Waals surface area (Å²) in [6, 6.07) is 2.81. The summed E-state index contributed by atoms with van der Waals surface area (Å²) in [6.45, 7) is 5.62. The van der Waals surface area contributed by atoms with Crippen LogP contribution in [0.4, 0.5) is 0 Å². The fourth-order valence-electron chi connectivity index (χ4n) is 2.87. The van der Waals surface area contributed by atoms with Crippen LogP contribution in [-0.2, 0) is 6.54 Å². The van der Waals surface area contributed by atoms with Gasteiger partial charge in [-0.05, 0) is 50.0 Å². The van der Waals surface area contributed by atoms with E-state index in [4.69, 9.17) is 4.74 Å². The number of nitrogens with zero attached hydrogens (tertiary/aromatic N) is 1. The third-order valence-corrected chi connectivity index (χ3v) is 4.61. The van der Waals surface area contributed by atoms with Crippen LogP contribution in [0.2, 0.25) is 0 Å². The van der Waals surface area contributed by atoms with Crippen molar-refractivity contribution in [1.29, 1.82) is 0 Å². The molecule has 0 radical (unpaired) electrons. The van der Waals surface area contributed by atoms with Gasteiger partial charge < -0.3 is 10.1 Å². The number of pyridine rings is 1. The summed E-state index contributed by atoms with van der Waals surface area (Å²) < 4.78 is 6.23. The fraction of sp³-hybridized carbons (Fsp3) is 0.706. The minimum absolute atomic E-state index is 0.367. The maximum absolute atomic E-state index is 6.23. The first-order valence-corrected chi connectivity index (χ1v) is 7.95. The smallest absolute Gasteiger partial charge is 0.142 e. The van der Waals surface area contributed by atoms with E-state index in [9.17, 15) is 0 Å². The van der Waals surface area contributed by atoms with Gasteiger partial charge in [0.15, 0.2) is 0 Å². The van der Waals surface area contributed by atoms with Gasteiger partial charge in [-0.3, -0.25) is 4.98 Å². The van der Waals surface area contributed by atoms with Crippen molar-refractivity contribution in [2.45, 2.75) is 71.1 Å². The highest BCUT2D eigenvalue weighted by Crippen LogP contribution is 2.37. The number of hydrogen-bond acceptors (Lipinski definition) is 3. The molecule has 1 aromatic heterocycles. The Morgan fingerprint density at radius 3 is 2.70 bits per heavy atom. The average Bonchev–Trinajstić information content (AvgIpc) is 3.24. The van der Waals surface area contributed by atoms with E-state index < -0.39 is 0 Å². The van der Waals surface area contributed by atoms with Crippen molar-refractivity contribution in [3.8, 4) is 5.75 Å². The van der Waals surface area contributed by atoms with Gasteiger partial charge in [-0.15, -0.1) is 0 Å². The molecular formula is C17H26N2O. The molecule has 2 aliphatic carbocycles. The van der Waals surface area contributed by atoms with Crippen LogP contribution in [0.15, 0.2) is 18.5 Å². The summed E-state index contributed by atoms with van der Waals surface area (Å²) in [5.41, 5.74) is 1.74. The van der Waals surface area contributed by atoms with E-state index >= 15 is 0 Å². The van der Waals surface area contributed by atoms with Crippen LogP contribution < -0.4 is 10.1 Å². The van der Waals surface area contributed by atoms with E-state index in [1.54, 1.807) is 0 Å². The van der Waals surface area contributed by atoms with Crippen LogP contribution in [0.5, 0.6) is 5.75 Å². The molecule has 110 valence electrons. The highest BCUT2D eigenvalue weighted by atomic mass is 16.5. The quantitative estimate of drug-likeness (QED) is 0.889. The van der Waals surface area contributed by atoms with Crippen molar-refractivity contribution in [3.05, 3.63) is 24.0 Å². The molecule has 1 aromatic rings. The molecule has 0 spiro atoms. The molecule has 0 unspecified atom stereocenters. The van der Waals surface area contributed by atoms with Gasteiger partial charge in [0, 0.05) is 24.3 Å². The third kappa shape index (κ3) is 3.72. The Morgan fingerprint density at radius 1 is 1.25 bits per heavy atom. The Labute approximate surface area is 122 Å². The van der Waals surface area contributed by atoms with Gasteiger partial charge >= 0.3 is 0 Å². The van der Waals surface area contributed by atoms with Crippen LogP contribution >= 0.6 is 0 Å². The predicted molar refractivity (Wildman–Crippen MR) is 80.8 cm³/mol. The second-order valence-electron chi connectivity index (χ2n) is 7.12. The number of hydrogen-bond donors (Lipinski definition) is 1. The lowest BCUT2D eigenvalue weighted by molar-refractivity contribution is 0.0975. The van der Waals surface area contributed by atoms with E-state index in [-0.39, 0.29) is 0 Å². The minimum atomic E-state index is 0.367. The summed E-state index contributed by atoms with van der Waals surface area (Å²) in [7, 11) is 0. The van der Waals surface area contributed by atoms with Crippen LogP contribution in [-0.4, -0.2) is 17.1 Å². The molecule has 0 aromatic carbocycles. The van der Waals surface area contributed by atoms with Gasteiger partial charge in [-0.1, -0.05) is 13.8 Å². The van der Waals surface area contributed by atoms with Crippen molar-refractivity contribution in [3.63, 3.8) is 0 Å². The lowest BCUT2D eigenvalue weighted by Gasteiger charge is -2.34. The fourth-order valence-corrected chi connectivity index (χ4v) is 2.87. The van der Waals surface area contributed by atoms with Crippen molar-refractivity contribution in [2.75, 3.05) is 0 Å². The molecule has 0 aliphatic heterocycles. The highest BCUT2D eigenvalue weighted by Gasteiger charge is 2.28. The van der Waals surface area contributed by atoms with Gasteiger partial charge in [-0.2, -0.15) is 0 Å². The maximum atomic E-state index is 6.23. The highest BCUT2D eigenvalue weighted by molar-refractivity contribution is 5.30. The normalized spacial score (nSPS) is 22.7. The van der Waals surface area contributed by atoms with E-state index in [0.717, 1.165) is 31.2 Å². The number of aromatic nitrogens is 1. The van der Waals surface area contributed by atoms with Gasteiger partial charge in [0.2, 0.25) is 0 Å². The first kappa shape index (κ1) is 13.9. The summed E-state index contributed by atoms with van der Waals surface area (Å²) in [5, 5.41) is 3.56. The molecule has 0 saturated heterocycles. The molecular weight excluding hydrogens is 248 g/mol. The van der Waals surface area contributed by atoms with Crippen molar-refractivity contribution in [1.82, 2.24) is 10.3 Å². The zero-order chi connectivity index (χ0) is 14.0. The molecule has 0 bridgehead atoms. The van der Waals surface area contributed by atoms with Crippen molar-refractivity contribution >= 4 is 0 Å². The summed E-state index contributed by atoms with van der Waals surface area (Å²) in [6.07, 6.45) is 11.6. The van der Waals surface area contributed by atoms with E-state index in [1.165, 1.54) is 31.2 Å². The van der Waals surface area contributed by atoms with E-state index in [0.29, 0.717) is 11.5 Å². The zero-order valence-electron chi connectivity index (χ0n) is 12.7. The van der Waals surface area contributed by atoms with E-state index in [1.807, 2.05) is 12.4 Å². The van der Waals surface area contributed by atoms with Crippen LogP contribution in [0.3, 0.4) is 0 Å². The number of ether oxygens (including phenoxy) is 1. The van der Waals surface area contributed by atoms with Gasteiger partial charge in [-0.25, -0.2) is 0 Å². The molecule has 1 heterocycles. The molecule has 0 atom stereocenters. The lowest BCUT2D eigenvalue weighted by atomic mass is 9.76. The molecule has 0 amide bonds. The SMILES string of the molecule is CC1(C)CCC(Oc2cnccc2CNC2CC2)CC1. The molecule has 20 heavy (non-hydrogen) atoms. The summed E-state index contributed by atoms with van der Waals surface area (Å²) >= 11 is 0. The Kier molecular flexibility index (Phi) is 3.97. The third-order valence-electron chi connectivity index (χ3n) is 4.61. The Balaban J connectivity index is 1.58. The minimum Gasteiger partial charge on any atom is -0.488 e. The van der Waals surface area contributed by atoms with Crippen molar-refractivity contribution < 1.29 is 4.74 Å². The maximum Gasteiger partial charge on any atom is 0.142 e. The van der Waals surface area contributed by atoms with Crippen LogP contribution in [0, 0.1) is 5.41 Å². The average molecular weight is 274 g/mol. The Bertz CT molecular complexity index is 444. The molecule has 3 nitrogen and oxygen atoms in total. The zero-order valence-corrected chi connectivity index (χ0v) is 12.7. The number of nitrogens with one attached hydrogen (secondary N) is 1. The monoisotopic (exact) mass is 274 g/mol. The second-order valence-corrected chi connectivity index (χ2v) is 7.12. The summed E-state index contributed by atoms with van der Waals surface area (Å²) in [4.78, 5) is 4.23. The largest absolute Gasteiger partial charge is 0.488 e. The first-order valence-electron chi connectivity index (χ1n) is 7.95. The summed E-state index contributed by atoms with van der Waals surface area (Å²) in [5.74, 6) is 0.977. The second kappa shape index (κ2) is 5.72.